The van der Waals surface area contributed by atoms with Crippen LogP contribution in [0.4, 0.5) is 4.39 Å². The van der Waals surface area contributed by atoms with Crippen LogP contribution in [0.25, 0.3) is 0 Å². The van der Waals surface area contributed by atoms with Crippen LogP contribution in [0.5, 0.6) is 5.75 Å². The minimum Gasteiger partial charge on any atom is -0.494 e. The number of ether oxygens (including phenoxy) is 1. The molecule has 0 bridgehead atoms. The molecule has 0 saturated heterocycles. The van der Waals surface area contributed by atoms with E-state index in [1.54, 1.807) is 11.0 Å². The van der Waals surface area contributed by atoms with E-state index in [0.717, 1.165) is 6.26 Å². The fraction of sp³-hybridized carbons (Fsp3) is 0.278. The number of benzene rings is 2. The Labute approximate surface area is 147 Å². The molecule has 0 aromatic heterocycles. The average Bonchev–Trinajstić information content (AvgIpc) is 2.58. The van der Waals surface area contributed by atoms with Gasteiger partial charge in [-0.2, -0.15) is 0 Å². The molecular formula is C18H20FNO4S. The topological polar surface area (TPSA) is 63.7 Å². The van der Waals surface area contributed by atoms with Crippen LogP contribution in [0.3, 0.4) is 0 Å². The predicted molar refractivity (Wildman–Crippen MR) is 92.9 cm³/mol. The Morgan fingerprint density at radius 2 is 1.80 bits per heavy atom. The minimum atomic E-state index is -3.31. The van der Waals surface area contributed by atoms with E-state index in [1.165, 1.54) is 43.5 Å². The zero-order valence-electron chi connectivity index (χ0n) is 14.3. The van der Waals surface area contributed by atoms with Gasteiger partial charge in [-0.05, 0) is 48.9 Å². The second-order valence-corrected chi connectivity index (χ2v) is 7.60. The molecule has 0 unspecified atom stereocenters. The maximum Gasteiger partial charge on any atom is 0.254 e. The summed E-state index contributed by atoms with van der Waals surface area (Å²) in [5, 5.41) is 0. The van der Waals surface area contributed by atoms with Gasteiger partial charge >= 0.3 is 0 Å². The largest absolute Gasteiger partial charge is 0.494 e. The van der Waals surface area contributed by atoms with Crippen LogP contribution in [0.15, 0.2) is 47.4 Å². The van der Waals surface area contributed by atoms with Gasteiger partial charge in [0.2, 0.25) is 0 Å². The lowest BCUT2D eigenvalue weighted by Gasteiger charge is -2.21. The number of sulfone groups is 1. The minimum absolute atomic E-state index is 0.148. The van der Waals surface area contributed by atoms with Crippen LogP contribution >= 0.6 is 0 Å². The van der Waals surface area contributed by atoms with Gasteiger partial charge < -0.3 is 9.64 Å². The molecule has 0 aliphatic carbocycles. The number of methoxy groups -OCH3 is 1. The molecule has 5 nitrogen and oxygen atoms in total. The van der Waals surface area contributed by atoms with Crippen molar-refractivity contribution in [2.24, 2.45) is 0 Å². The number of carbonyl (C=O) groups is 1. The van der Waals surface area contributed by atoms with Crippen molar-refractivity contribution in [3.63, 3.8) is 0 Å². The van der Waals surface area contributed by atoms with E-state index in [0.29, 0.717) is 17.7 Å². The van der Waals surface area contributed by atoms with Crippen LogP contribution in [0.1, 0.15) is 22.8 Å². The van der Waals surface area contributed by atoms with Crippen LogP contribution in [-0.4, -0.2) is 39.1 Å². The molecule has 2 aromatic carbocycles. The third kappa shape index (κ3) is 4.57. The summed E-state index contributed by atoms with van der Waals surface area (Å²) in [6.07, 6.45) is 1.11. The number of nitrogens with zero attached hydrogens (tertiary/aromatic N) is 1. The van der Waals surface area contributed by atoms with E-state index >= 15 is 0 Å². The number of hydrogen-bond acceptors (Lipinski definition) is 4. The Morgan fingerprint density at radius 3 is 2.28 bits per heavy atom. The number of hydrogen-bond donors (Lipinski definition) is 0. The lowest BCUT2D eigenvalue weighted by atomic mass is 10.1. The van der Waals surface area contributed by atoms with Crippen molar-refractivity contribution in [1.29, 1.82) is 0 Å². The second kappa shape index (κ2) is 7.65. The number of amides is 1. The summed E-state index contributed by atoms with van der Waals surface area (Å²) in [6, 6.07) is 10.3. The summed E-state index contributed by atoms with van der Waals surface area (Å²) in [5.41, 5.74) is 1.02. The first-order valence-corrected chi connectivity index (χ1v) is 9.57. The highest BCUT2D eigenvalue weighted by Gasteiger charge is 2.16. The van der Waals surface area contributed by atoms with E-state index in [-0.39, 0.29) is 23.1 Å². The lowest BCUT2D eigenvalue weighted by molar-refractivity contribution is 0.0752. The number of carbonyl (C=O) groups excluding carboxylic acids is 1. The molecule has 25 heavy (non-hydrogen) atoms. The van der Waals surface area contributed by atoms with Gasteiger partial charge in [0.25, 0.3) is 5.91 Å². The molecule has 2 aromatic rings. The van der Waals surface area contributed by atoms with Gasteiger partial charge in [0.05, 0.1) is 12.0 Å². The smallest absolute Gasteiger partial charge is 0.254 e. The van der Waals surface area contributed by atoms with Gasteiger partial charge in [-0.25, -0.2) is 12.8 Å². The maximum atomic E-state index is 13.8. The summed E-state index contributed by atoms with van der Waals surface area (Å²) in [5.74, 6) is -0.589. The van der Waals surface area contributed by atoms with Crippen molar-refractivity contribution in [1.82, 2.24) is 4.90 Å². The number of rotatable bonds is 6. The highest BCUT2D eigenvalue weighted by atomic mass is 32.2. The van der Waals surface area contributed by atoms with Gasteiger partial charge in [-0.15, -0.1) is 0 Å². The number of halogens is 1. The molecular weight excluding hydrogens is 345 g/mol. The Bertz CT molecular complexity index is 863. The molecule has 0 radical (unpaired) electrons. The molecule has 2 rings (SSSR count). The van der Waals surface area contributed by atoms with Crippen molar-refractivity contribution in [3.05, 3.63) is 59.4 Å². The standard InChI is InChI=1S/C18H20FNO4S/c1-4-20(12-13-5-10-17(24-2)16(19)11-13)18(21)14-6-8-15(9-7-14)25(3,22)23/h5-11H,4,12H2,1-3H3. The molecule has 0 aliphatic rings. The van der Waals surface area contributed by atoms with Crippen molar-refractivity contribution >= 4 is 15.7 Å². The molecule has 0 heterocycles. The van der Waals surface area contributed by atoms with Crippen molar-refractivity contribution in [3.8, 4) is 5.75 Å². The zero-order chi connectivity index (χ0) is 18.6. The van der Waals surface area contributed by atoms with Crippen LogP contribution in [0.2, 0.25) is 0 Å². The van der Waals surface area contributed by atoms with E-state index in [1.807, 2.05) is 6.92 Å². The summed E-state index contributed by atoms with van der Waals surface area (Å²) >= 11 is 0. The molecule has 0 aliphatic heterocycles. The van der Waals surface area contributed by atoms with Crippen molar-refractivity contribution < 1.29 is 22.3 Å². The fourth-order valence-electron chi connectivity index (χ4n) is 2.38. The maximum absolute atomic E-state index is 13.8. The first-order valence-electron chi connectivity index (χ1n) is 7.68. The summed E-state index contributed by atoms with van der Waals surface area (Å²) in [4.78, 5) is 14.3. The van der Waals surface area contributed by atoms with E-state index in [4.69, 9.17) is 4.74 Å². The predicted octanol–water partition coefficient (Wildman–Crippen LogP) is 2.90. The highest BCUT2D eigenvalue weighted by Crippen LogP contribution is 2.19. The van der Waals surface area contributed by atoms with Gasteiger partial charge in [0.1, 0.15) is 0 Å². The summed E-state index contributed by atoms with van der Waals surface area (Å²) in [7, 11) is -1.92. The zero-order valence-corrected chi connectivity index (χ0v) is 15.1. The van der Waals surface area contributed by atoms with Crippen LogP contribution in [0, 0.1) is 5.82 Å². The highest BCUT2D eigenvalue weighted by molar-refractivity contribution is 7.90. The lowest BCUT2D eigenvalue weighted by Crippen LogP contribution is -2.30. The molecule has 0 N–H and O–H groups in total. The van der Waals surface area contributed by atoms with E-state index in [2.05, 4.69) is 0 Å². The fourth-order valence-corrected chi connectivity index (χ4v) is 3.01. The molecule has 1 amide bonds. The van der Waals surface area contributed by atoms with Gasteiger partial charge in [0, 0.05) is 24.9 Å². The molecule has 0 saturated carbocycles. The van der Waals surface area contributed by atoms with Gasteiger partial charge in [0.15, 0.2) is 21.4 Å². The average molecular weight is 365 g/mol. The van der Waals surface area contributed by atoms with Crippen LogP contribution in [-0.2, 0) is 16.4 Å². The Morgan fingerprint density at radius 1 is 1.16 bits per heavy atom. The Balaban J connectivity index is 2.19. The Kier molecular flexibility index (Phi) is 5.79. The summed E-state index contributed by atoms with van der Waals surface area (Å²) < 4.78 is 41.7. The van der Waals surface area contributed by atoms with Crippen molar-refractivity contribution in [2.45, 2.75) is 18.4 Å². The molecule has 0 fully saturated rings. The molecule has 0 atom stereocenters. The molecule has 134 valence electrons. The third-order valence-corrected chi connectivity index (χ3v) is 4.92. The normalized spacial score (nSPS) is 11.2. The van der Waals surface area contributed by atoms with Crippen LogP contribution < -0.4 is 4.74 Å². The first-order chi connectivity index (χ1) is 11.8. The summed E-state index contributed by atoms with van der Waals surface area (Å²) in [6.45, 7) is 2.49. The quantitative estimate of drug-likeness (QED) is 0.790. The second-order valence-electron chi connectivity index (χ2n) is 5.58. The van der Waals surface area contributed by atoms with E-state index in [9.17, 15) is 17.6 Å². The third-order valence-electron chi connectivity index (χ3n) is 3.79. The van der Waals surface area contributed by atoms with Gasteiger partial charge in [-0.1, -0.05) is 6.07 Å². The monoisotopic (exact) mass is 365 g/mol. The van der Waals surface area contributed by atoms with Gasteiger partial charge in [-0.3, -0.25) is 4.79 Å². The first kappa shape index (κ1) is 18.9. The molecule has 7 heteroatoms. The molecule has 0 spiro atoms. The Hall–Kier alpha value is -2.41. The SMILES string of the molecule is CCN(Cc1ccc(OC)c(F)c1)C(=O)c1ccc(S(C)(=O)=O)cc1. The van der Waals surface area contributed by atoms with E-state index < -0.39 is 15.7 Å². The van der Waals surface area contributed by atoms with Crippen molar-refractivity contribution in [2.75, 3.05) is 19.9 Å².